The lowest BCUT2D eigenvalue weighted by Gasteiger charge is -2.19. The molecule has 1 saturated heterocycles. The molecule has 4 heteroatoms. The Morgan fingerprint density at radius 1 is 1.14 bits per heavy atom. The number of carbonyl (C=O) groups is 2. The Morgan fingerprint density at radius 2 is 1.77 bits per heavy atom. The number of allylic oxidation sites excluding steroid dienone is 4. The van der Waals surface area contributed by atoms with Crippen molar-refractivity contribution in [3.05, 3.63) is 53.4 Å². The van der Waals surface area contributed by atoms with E-state index in [1.54, 1.807) is 12.4 Å². The van der Waals surface area contributed by atoms with E-state index < -0.39 is 0 Å². The number of likely N-dealkylation sites (tertiary alicyclic amines) is 1. The van der Waals surface area contributed by atoms with Crippen molar-refractivity contribution in [2.24, 2.45) is 23.7 Å². The molecule has 2 amide bonds. The van der Waals surface area contributed by atoms with E-state index in [9.17, 15) is 9.59 Å². The minimum atomic E-state index is -0.191. The molecule has 22 heavy (non-hydrogen) atoms. The normalized spacial score (nSPS) is 32.1. The van der Waals surface area contributed by atoms with Gasteiger partial charge >= 0.3 is 0 Å². The first kappa shape index (κ1) is 13.4. The van der Waals surface area contributed by atoms with Crippen molar-refractivity contribution in [3.8, 4) is 0 Å². The van der Waals surface area contributed by atoms with Gasteiger partial charge in [0.2, 0.25) is 11.8 Å². The highest BCUT2D eigenvalue weighted by molar-refractivity contribution is 6.07. The zero-order valence-corrected chi connectivity index (χ0v) is 12.7. The van der Waals surface area contributed by atoms with Crippen LogP contribution in [0.5, 0.6) is 0 Å². The number of carbonyl (C=O) groups excluding carboxylic acids is 2. The lowest BCUT2D eigenvalue weighted by atomic mass is 9.85. The van der Waals surface area contributed by atoms with Gasteiger partial charge in [0.05, 0.1) is 18.4 Å². The zero-order valence-electron chi connectivity index (χ0n) is 12.7. The van der Waals surface area contributed by atoms with Gasteiger partial charge in [0, 0.05) is 24.2 Å². The largest absolute Gasteiger partial charge is 0.277 e. The van der Waals surface area contributed by atoms with Gasteiger partial charge in [0.25, 0.3) is 0 Å². The fraction of sp³-hybridized carbons (Fsp3) is 0.389. The number of hydrogen-bond acceptors (Lipinski definition) is 3. The van der Waals surface area contributed by atoms with Crippen LogP contribution in [-0.2, 0) is 16.1 Å². The number of nitrogens with zero attached hydrogens (tertiary/aromatic N) is 2. The summed E-state index contributed by atoms with van der Waals surface area (Å²) < 4.78 is 0. The topological polar surface area (TPSA) is 50.3 Å². The van der Waals surface area contributed by atoms with E-state index in [4.69, 9.17) is 0 Å². The van der Waals surface area contributed by atoms with E-state index in [1.165, 1.54) is 16.0 Å². The molecule has 0 spiro atoms. The van der Waals surface area contributed by atoms with Crippen molar-refractivity contribution in [2.45, 2.75) is 20.4 Å². The summed E-state index contributed by atoms with van der Waals surface area (Å²) in [5.41, 5.74) is 3.43. The number of pyridine rings is 1. The predicted octanol–water partition coefficient (Wildman–Crippen LogP) is 2.33. The van der Waals surface area contributed by atoms with Crippen molar-refractivity contribution in [2.75, 3.05) is 0 Å². The highest BCUT2D eigenvalue weighted by atomic mass is 16.2. The van der Waals surface area contributed by atoms with E-state index >= 15 is 0 Å². The van der Waals surface area contributed by atoms with E-state index in [2.05, 4.69) is 31.0 Å². The molecule has 3 aliphatic rings. The first-order chi connectivity index (χ1) is 10.6. The smallest absolute Gasteiger partial charge is 0.234 e. The van der Waals surface area contributed by atoms with Crippen LogP contribution in [-0.4, -0.2) is 21.7 Å². The van der Waals surface area contributed by atoms with Gasteiger partial charge in [-0.1, -0.05) is 29.4 Å². The summed E-state index contributed by atoms with van der Waals surface area (Å²) in [7, 11) is 0. The molecule has 1 aliphatic heterocycles. The van der Waals surface area contributed by atoms with Gasteiger partial charge in [-0.15, -0.1) is 0 Å². The van der Waals surface area contributed by atoms with Crippen LogP contribution in [0.3, 0.4) is 0 Å². The summed E-state index contributed by atoms with van der Waals surface area (Å²) in [6.45, 7) is 4.49. The van der Waals surface area contributed by atoms with E-state index in [0.29, 0.717) is 6.54 Å². The maximum atomic E-state index is 12.8. The molecular weight excluding hydrogens is 276 g/mol. The van der Waals surface area contributed by atoms with Crippen LogP contribution >= 0.6 is 0 Å². The van der Waals surface area contributed by atoms with Crippen LogP contribution in [0, 0.1) is 23.7 Å². The molecule has 112 valence electrons. The molecule has 1 aromatic heterocycles. The first-order valence-corrected chi connectivity index (χ1v) is 7.69. The molecule has 0 radical (unpaired) electrons. The second-order valence-corrected chi connectivity index (χ2v) is 6.57. The Kier molecular flexibility index (Phi) is 2.83. The highest BCUT2D eigenvalue weighted by Crippen LogP contribution is 2.56. The number of imide groups is 1. The molecular formula is C18H18N2O2. The van der Waals surface area contributed by atoms with Crippen LogP contribution < -0.4 is 0 Å². The first-order valence-electron chi connectivity index (χ1n) is 7.69. The molecule has 1 saturated carbocycles. The predicted molar refractivity (Wildman–Crippen MR) is 81.3 cm³/mol. The van der Waals surface area contributed by atoms with Crippen molar-refractivity contribution in [1.29, 1.82) is 0 Å². The molecule has 0 N–H and O–H groups in total. The van der Waals surface area contributed by atoms with Crippen molar-refractivity contribution < 1.29 is 9.59 Å². The Hall–Kier alpha value is -2.23. The van der Waals surface area contributed by atoms with Gasteiger partial charge in [-0.25, -0.2) is 0 Å². The summed E-state index contributed by atoms with van der Waals surface area (Å²) in [4.78, 5) is 31.1. The molecule has 2 aliphatic carbocycles. The second-order valence-electron chi connectivity index (χ2n) is 6.57. The number of fused-ring (bicyclic) bond motifs is 5. The third-order valence-electron chi connectivity index (χ3n) is 5.15. The van der Waals surface area contributed by atoms with Gasteiger partial charge in [0.1, 0.15) is 0 Å². The molecule has 4 nitrogen and oxygen atoms in total. The molecule has 0 aromatic carbocycles. The van der Waals surface area contributed by atoms with Gasteiger partial charge in [-0.05, 0) is 25.5 Å². The Morgan fingerprint density at radius 3 is 2.27 bits per heavy atom. The minimum Gasteiger partial charge on any atom is -0.277 e. The van der Waals surface area contributed by atoms with Crippen LogP contribution in [0.2, 0.25) is 0 Å². The average molecular weight is 294 g/mol. The summed E-state index contributed by atoms with van der Waals surface area (Å²) in [5.74, 6) is -0.178. The SMILES string of the molecule is CC(C)=C1C2C=CC1C1C(=O)N(Cc3cccnc3)C(=O)C21. The van der Waals surface area contributed by atoms with Crippen molar-refractivity contribution in [3.63, 3.8) is 0 Å². The lowest BCUT2D eigenvalue weighted by Crippen LogP contribution is -2.32. The van der Waals surface area contributed by atoms with Crippen LogP contribution in [0.4, 0.5) is 0 Å². The molecule has 4 unspecified atom stereocenters. The number of amides is 2. The second kappa shape index (κ2) is 4.63. The summed E-state index contributed by atoms with van der Waals surface area (Å²) in [6.07, 6.45) is 7.64. The molecule has 1 aromatic rings. The van der Waals surface area contributed by atoms with Gasteiger partial charge < -0.3 is 0 Å². The Labute approximate surface area is 129 Å². The summed E-state index contributed by atoms with van der Waals surface area (Å²) in [5, 5.41) is 0. The fourth-order valence-electron chi connectivity index (χ4n) is 4.32. The standard InChI is InChI=1S/C18H18N2O2/c1-10(2)14-12-5-6-13(14)16-15(12)17(21)20(18(16)22)9-11-4-3-7-19-8-11/h3-8,12-13,15-16H,9H2,1-2H3. The maximum Gasteiger partial charge on any atom is 0.234 e. The van der Waals surface area contributed by atoms with Crippen molar-refractivity contribution in [1.82, 2.24) is 9.88 Å². The monoisotopic (exact) mass is 294 g/mol. The van der Waals surface area contributed by atoms with Gasteiger partial charge in [-0.2, -0.15) is 0 Å². The van der Waals surface area contributed by atoms with Gasteiger partial charge in [-0.3, -0.25) is 19.5 Å². The van der Waals surface area contributed by atoms with Crippen LogP contribution in [0.25, 0.3) is 0 Å². The molecule has 2 heterocycles. The number of hydrogen-bond donors (Lipinski definition) is 0. The third kappa shape index (κ3) is 1.67. The molecule has 4 atom stereocenters. The molecule has 2 fully saturated rings. The molecule has 2 bridgehead atoms. The third-order valence-corrected chi connectivity index (χ3v) is 5.15. The number of aromatic nitrogens is 1. The lowest BCUT2D eigenvalue weighted by molar-refractivity contribution is -0.141. The highest BCUT2D eigenvalue weighted by Gasteiger charge is 2.61. The number of rotatable bonds is 2. The molecule has 4 rings (SSSR count). The van der Waals surface area contributed by atoms with Crippen LogP contribution in [0.15, 0.2) is 47.8 Å². The Balaban J connectivity index is 1.66. The van der Waals surface area contributed by atoms with Crippen molar-refractivity contribution >= 4 is 11.8 Å². The zero-order chi connectivity index (χ0) is 15.4. The summed E-state index contributed by atoms with van der Waals surface area (Å²) >= 11 is 0. The van der Waals surface area contributed by atoms with E-state index in [0.717, 1.165) is 5.56 Å². The maximum absolute atomic E-state index is 12.8. The average Bonchev–Trinajstić information content (AvgIpc) is 3.14. The van der Waals surface area contributed by atoms with E-state index in [1.807, 2.05) is 12.1 Å². The quantitative estimate of drug-likeness (QED) is 0.621. The van der Waals surface area contributed by atoms with Gasteiger partial charge in [0.15, 0.2) is 0 Å². The van der Waals surface area contributed by atoms with E-state index in [-0.39, 0.29) is 35.5 Å². The van der Waals surface area contributed by atoms with Crippen LogP contribution in [0.1, 0.15) is 19.4 Å². The summed E-state index contributed by atoms with van der Waals surface area (Å²) in [6, 6.07) is 3.73. The minimum absolute atomic E-state index is 0.0190. The Bertz CT molecular complexity index is 682. The fourth-order valence-corrected chi connectivity index (χ4v) is 4.32.